The van der Waals surface area contributed by atoms with Crippen molar-refractivity contribution in [2.24, 2.45) is 4.99 Å². The summed E-state index contributed by atoms with van der Waals surface area (Å²) >= 11 is 1.78. The highest BCUT2D eigenvalue weighted by Crippen LogP contribution is 2.16. The van der Waals surface area contributed by atoms with Gasteiger partial charge in [-0.25, -0.2) is 4.99 Å². The molecule has 1 aromatic heterocycles. The van der Waals surface area contributed by atoms with Gasteiger partial charge in [-0.2, -0.15) is 0 Å². The van der Waals surface area contributed by atoms with E-state index < -0.39 is 0 Å². The maximum atomic E-state index is 4.66. The van der Waals surface area contributed by atoms with Crippen LogP contribution in [0.3, 0.4) is 0 Å². The molecule has 0 spiro atoms. The van der Waals surface area contributed by atoms with Crippen molar-refractivity contribution in [1.29, 1.82) is 0 Å². The number of aliphatic imine (C=N–C) groups is 1. The molecular formula is C16H30N4S. The molecule has 0 aliphatic carbocycles. The molecular weight excluding hydrogens is 280 g/mol. The Bertz CT molecular complexity index is 410. The van der Waals surface area contributed by atoms with Gasteiger partial charge in [-0.1, -0.05) is 13.8 Å². The predicted octanol–water partition coefficient (Wildman–Crippen LogP) is 2.84. The third-order valence-corrected chi connectivity index (χ3v) is 4.54. The Hall–Kier alpha value is -1.07. The topological polar surface area (TPSA) is 39.7 Å². The van der Waals surface area contributed by atoms with Crippen LogP contribution in [0.15, 0.2) is 16.4 Å². The van der Waals surface area contributed by atoms with Gasteiger partial charge in [0.05, 0.1) is 6.54 Å². The van der Waals surface area contributed by atoms with Gasteiger partial charge in [-0.05, 0) is 56.9 Å². The van der Waals surface area contributed by atoms with Crippen molar-refractivity contribution < 1.29 is 0 Å². The lowest BCUT2D eigenvalue weighted by molar-refractivity contribution is 0.300. The Labute approximate surface area is 133 Å². The van der Waals surface area contributed by atoms with Crippen LogP contribution >= 0.6 is 11.3 Å². The lowest BCUT2D eigenvalue weighted by Crippen LogP contribution is -2.38. The zero-order valence-corrected chi connectivity index (χ0v) is 14.7. The van der Waals surface area contributed by atoms with E-state index in [-0.39, 0.29) is 0 Å². The lowest BCUT2D eigenvalue weighted by Gasteiger charge is -2.18. The summed E-state index contributed by atoms with van der Waals surface area (Å²) in [5, 5.41) is 8.86. The van der Waals surface area contributed by atoms with Crippen molar-refractivity contribution in [3.8, 4) is 0 Å². The second-order valence-electron chi connectivity index (χ2n) is 5.03. The van der Waals surface area contributed by atoms with Crippen LogP contribution in [0.5, 0.6) is 0 Å². The van der Waals surface area contributed by atoms with E-state index in [2.05, 4.69) is 59.7 Å². The van der Waals surface area contributed by atoms with Crippen LogP contribution in [0, 0.1) is 6.92 Å². The first-order valence-corrected chi connectivity index (χ1v) is 8.86. The lowest BCUT2D eigenvalue weighted by atomic mass is 10.3. The average molecular weight is 311 g/mol. The fraction of sp³-hybridized carbons (Fsp3) is 0.688. The van der Waals surface area contributed by atoms with Crippen LogP contribution in [-0.4, -0.2) is 43.6 Å². The quantitative estimate of drug-likeness (QED) is 0.418. The Morgan fingerprint density at radius 1 is 1.24 bits per heavy atom. The number of aryl methyl sites for hydroxylation is 1. The van der Waals surface area contributed by atoms with Gasteiger partial charge in [0.15, 0.2) is 5.96 Å². The summed E-state index contributed by atoms with van der Waals surface area (Å²) < 4.78 is 0. The highest BCUT2D eigenvalue weighted by molar-refractivity contribution is 7.10. The molecule has 1 rings (SSSR count). The van der Waals surface area contributed by atoms with E-state index in [0.29, 0.717) is 0 Å². The van der Waals surface area contributed by atoms with E-state index in [0.717, 1.165) is 51.6 Å². The van der Waals surface area contributed by atoms with Gasteiger partial charge in [0.1, 0.15) is 0 Å². The molecule has 0 saturated carbocycles. The molecule has 0 atom stereocenters. The van der Waals surface area contributed by atoms with Gasteiger partial charge in [0.25, 0.3) is 0 Å². The van der Waals surface area contributed by atoms with Crippen LogP contribution < -0.4 is 10.6 Å². The second kappa shape index (κ2) is 10.6. The van der Waals surface area contributed by atoms with Gasteiger partial charge in [0.2, 0.25) is 0 Å². The first-order valence-electron chi connectivity index (χ1n) is 7.98. The summed E-state index contributed by atoms with van der Waals surface area (Å²) in [4.78, 5) is 8.45. The normalized spacial score (nSPS) is 12.0. The Morgan fingerprint density at radius 3 is 2.57 bits per heavy atom. The van der Waals surface area contributed by atoms with Crippen molar-refractivity contribution in [3.05, 3.63) is 21.9 Å². The number of thiophene rings is 1. The van der Waals surface area contributed by atoms with E-state index in [9.17, 15) is 0 Å². The largest absolute Gasteiger partial charge is 0.357 e. The van der Waals surface area contributed by atoms with Crippen molar-refractivity contribution in [1.82, 2.24) is 15.5 Å². The summed E-state index contributed by atoms with van der Waals surface area (Å²) in [5.41, 5.74) is 1.33. The second-order valence-corrected chi connectivity index (χ2v) is 6.03. The van der Waals surface area contributed by atoms with E-state index in [1.165, 1.54) is 10.4 Å². The van der Waals surface area contributed by atoms with Crippen LogP contribution in [0.1, 0.15) is 37.6 Å². The molecule has 0 aliphatic heterocycles. The summed E-state index contributed by atoms with van der Waals surface area (Å²) in [6.07, 6.45) is 1.14. The summed E-state index contributed by atoms with van der Waals surface area (Å²) in [7, 11) is 0. The Kier molecular flexibility index (Phi) is 9.10. The van der Waals surface area contributed by atoms with Crippen molar-refractivity contribution in [2.45, 2.75) is 40.7 Å². The van der Waals surface area contributed by atoms with Gasteiger partial charge < -0.3 is 15.5 Å². The number of rotatable bonds is 9. The fourth-order valence-corrected chi connectivity index (χ4v) is 2.94. The first-order chi connectivity index (χ1) is 10.2. The highest BCUT2D eigenvalue weighted by atomic mass is 32.1. The molecule has 5 heteroatoms. The van der Waals surface area contributed by atoms with Crippen LogP contribution in [0.25, 0.3) is 0 Å². The summed E-state index contributed by atoms with van der Waals surface area (Å²) in [5.74, 6) is 0.921. The zero-order chi connectivity index (χ0) is 15.5. The molecule has 0 bridgehead atoms. The molecule has 21 heavy (non-hydrogen) atoms. The third kappa shape index (κ3) is 6.96. The molecule has 120 valence electrons. The molecule has 0 aliphatic rings. The minimum Gasteiger partial charge on any atom is -0.357 e. The van der Waals surface area contributed by atoms with E-state index >= 15 is 0 Å². The SMILES string of the molecule is CCNC(=NCc1sccc1C)NCCCN(CC)CC. The average Bonchev–Trinajstić information content (AvgIpc) is 2.90. The van der Waals surface area contributed by atoms with Crippen LogP contribution in [0.4, 0.5) is 0 Å². The predicted molar refractivity (Wildman–Crippen MR) is 94.3 cm³/mol. The van der Waals surface area contributed by atoms with E-state index in [1.54, 1.807) is 11.3 Å². The fourth-order valence-electron chi connectivity index (χ4n) is 2.11. The smallest absolute Gasteiger partial charge is 0.191 e. The first kappa shape index (κ1) is 18.0. The van der Waals surface area contributed by atoms with E-state index in [4.69, 9.17) is 0 Å². The molecule has 0 amide bonds. The summed E-state index contributed by atoms with van der Waals surface area (Å²) in [6.45, 7) is 14.7. The monoisotopic (exact) mass is 310 g/mol. The minimum atomic E-state index is 0.759. The number of guanidine groups is 1. The third-order valence-electron chi connectivity index (χ3n) is 3.53. The zero-order valence-electron chi connectivity index (χ0n) is 13.9. The number of nitrogens with one attached hydrogen (secondary N) is 2. The van der Waals surface area contributed by atoms with Crippen LogP contribution in [0.2, 0.25) is 0 Å². The van der Waals surface area contributed by atoms with Crippen molar-refractivity contribution >= 4 is 17.3 Å². The molecule has 1 aromatic rings. The molecule has 2 N–H and O–H groups in total. The molecule has 0 unspecified atom stereocenters. The number of nitrogens with zero attached hydrogens (tertiary/aromatic N) is 2. The van der Waals surface area contributed by atoms with E-state index in [1.807, 2.05) is 0 Å². The van der Waals surface area contributed by atoms with Gasteiger partial charge >= 0.3 is 0 Å². The molecule has 1 heterocycles. The molecule has 0 saturated heterocycles. The maximum absolute atomic E-state index is 4.66. The Morgan fingerprint density at radius 2 is 2.00 bits per heavy atom. The van der Waals surface area contributed by atoms with Crippen molar-refractivity contribution in [2.75, 3.05) is 32.7 Å². The molecule has 0 aromatic carbocycles. The molecule has 4 nitrogen and oxygen atoms in total. The van der Waals surface area contributed by atoms with Crippen LogP contribution in [-0.2, 0) is 6.54 Å². The Balaban J connectivity index is 2.37. The standard InChI is InChI=1S/C16H30N4S/c1-5-17-16(18-10-8-11-20(6-2)7-3)19-13-15-14(4)9-12-21-15/h9,12H,5-8,10-11,13H2,1-4H3,(H2,17,18,19). The van der Waals surface area contributed by atoms with Gasteiger partial charge in [-0.3, -0.25) is 0 Å². The van der Waals surface area contributed by atoms with Crippen molar-refractivity contribution in [3.63, 3.8) is 0 Å². The van der Waals surface area contributed by atoms with Gasteiger partial charge in [0, 0.05) is 18.0 Å². The molecule has 0 radical (unpaired) electrons. The number of hydrogen-bond donors (Lipinski definition) is 2. The van der Waals surface area contributed by atoms with Gasteiger partial charge in [-0.15, -0.1) is 11.3 Å². The molecule has 0 fully saturated rings. The highest BCUT2D eigenvalue weighted by Gasteiger charge is 2.02. The minimum absolute atomic E-state index is 0.759. The number of hydrogen-bond acceptors (Lipinski definition) is 3. The maximum Gasteiger partial charge on any atom is 0.191 e. The summed E-state index contributed by atoms with van der Waals surface area (Å²) in [6, 6.07) is 2.15.